The van der Waals surface area contributed by atoms with Crippen molar-refractivity contribution in [1.29, 1.82) is 0 Å². The molecule has 8 heteroatoms. The van der Waals surface area contributed by atoms with Gasteiger partial charge >= 0.3 is 0 Å². The van der Waals surface area contributed by atoms with E-state index >= 15 is 0 Å². The molecule has 23 heavy (non-hydrogen) atoms. The Morgan fingerprint density at radius 2 is 1.78 bits per heavy atom. The largest absolute Gasteiger partial charge is 0.495 e. The lowest BCUT2D eigenvalue weighted by molar-refractivity contribution is 0.417. The van der Waals surface area contributed by atoms with Crippen LogP contribution in [0.3, 0.4) is 0 Å². The Labute approximate surface area is 135 Å². The standard InChI is InChI=1S/C15H18N4O3S/c1-10-8-13(16)15(22-3)9-14(10)19-18-11-4-6-12(7-5-11)23(20,21)17-2/h4-9,17H,16H2,1-3H3. The number of anilines is 1. The SMILES string of the molecule is CNS(=O)(=O)c1ccc(N=Nc2cc(OC)c(N)cc2C)cc1. The van der Waals surface area contributed by atoms with Gasteiger partial charge in [0.25, 0.3) is 0 Å². The maximum atomic E-state index is 11.6. The van der Waals surface area contributed by atoms with E-state index in [1.165, 1.54) is 26.3 Å². The second-order valence-electron chi connectivity index (χ2n) is 4.78. The molecule has 0 amide bonds. The molecule has 3 N–H and O–H groups in total. The van der Waals surface area contributed by atoms with E-state index in [4.69, 9.17) is 10.5 Å². The van der Waals surface area contributed by atoms with Crippen LogP contribution >= 0.6 is 0 Å². The number of nitrogens with one attached hydrogen (secondary N) is 1. The van der Waals surface area contributed by atoms with Crippen molar-refractivity contribution in [2.75, 3.05) is 19.9 Å². The maximum absolute atomic E-state index is 11.6. The molecular formula is C15H18N4O3S. The van der Waals surface area contributed by atoms with E-state index < -0.39 is 10.0 Å². The molecule has 2 aromatic rings. The fourth-order valence-corrected chi connectivity index (χ4v) is 2.64. The Hall–Kier alpha value is -2.45. The number of methoxy groups -OCH3 is 1. The van der Waals surface area contributed by atoms with Crippen molar-refractivity contribution in [3.63, 3.8) is 0 Å². The molecule has 0 aliphatic rings. The summed E-state index contributed by atoms with van der Waals surface area (Å²) in [4.78, 5) is 0.171. The fourth-order valence-electron chi connectivity index (χ4n) is 1.91. The second-order valence-corrected chi connectivity index (χ2v) is 6.67. The Bertz CT molecular complexity index is 831. The first kappa shape index (κ1) is 16.9. The normalized spacial score (nSPS) is 11.8. The molecule has 0 saturated heterocycles. The summed E-state index contributed by atoms with van der Waals surface area (Å²) in [5.74, 6) is 0.528. The van der Waals surface area contributed by atoms with Crippen LogP contribution in [0.1, 0.15) is 5.56 Å². The van der Waals surface area contributed by atoms with E-state index in [0.29, 0.717) is 22.8 Å². The number of aryl methyl sites for hydroxylation is 1. The highest BCUT2D eigenvalue weighted by Crippen LogP contribution is 2.31. The molecule has 0 unspecified atom stereocenters. The van der Waals surface area contributed by atoms with Crippen molar-refractivity contribution in [2.24, 2.45) is 10.2 Å². The topological polar surface area (TPSA) is 106 Å². The van der Waals surface area contributed by atoms with Gasteiger partial charge in [-0.05, 0) is 49.9 Å². The minimum absolute atomic E-state index is 0.171. The summed E-state index contributed by atoms with van der Waals surface area (Å²) in [5.41, 5.74) is 8.38. The van der Waals surface area contributed by atoms with Crippen LogP contribution < -0.4 is 15.2 Å². The Balaban J connectivity index is 2.27. The summed E-state index contributed by atoms with van der Waals surface area (Å²) in [6.45, 7) is 1.87. The number of hydrogen-bond acceptors (Lipinski definition) is 6. The molecule has 0 bridgehead atoms. The molecule has 0 aromatic heterocycles. The number of ether oxygens (including phenoxy) is 1. The van der Waals surface area contributed by atoms with Gasteiger partial charge in [0.05, 0.1) is 29.1 Å². The van der Waals surface area contributed by atoms with Gasteiger partial charge in [-0.25, -0.2) is 13.1 Å². The lowest BCUT2D eigenvalue weighted by atomic mass is 10.1. The summed E-state index contributed by atoms with van der Waals surface area (Å²) in [5, 5.41) is 8.27. The van der Waals surface area contributed by atoms with E-state index in [-0.39, 0.29) is 4.90 Å². The minimum atomic E-state index is -3.46. The predicted molar refractivity (Wildman–Crippen MR) is 89.0 cm³/mol. The number of azo groups is 1. The highest BCUT2D eigenvalue weighted by molar-refractivity contribution is 7.89. The average molecular weight is 334 g/mol. The van der Waals surface area contributed by atoms with Crippen LogP contribution in [-0.2, 0) is 10.0 Å². The van der Waals surface area contributed by atoms with Crippen molar-refractivity contribution in [1.82, 2.24) is 4.72 Å². The smallest absolute Gasteiger partial charge is 0.240 e. The van der Waals surface area contributed by atoms with Crippen LogP contribution in [-0.4, -0.2) is 22.6 Å². The zero-order valence-electron chi connectivity index (χ0n) is 13.1. The number of nitrogen functional groups attached to an aromatic ring is 1. The van der Waals surface area contributed by atoms with Gasteiger partial charge in [0.2, 0.25) is 10.0 Å². The average Bonchev–Trinajstić information content (AvgIpc) is 2.54. The molecule has 7 nitrogen and oxygen atoms in total. The maximum Gasteiger partial charge on any atom is 0.240 e. The van der Waals surface area contributed by atoms with Gasteiger partial charge in [-0.3, -0.25) is 0 Å². The predicted octanol–water partition coefficient (Wildman–Crippen LogP) is 2.91. The molecule has 0 atom stereocenters. The number of nitrogens with two attached hydrogens (primary N) is 1. The zero-order chi connectivity index (χ0) is 17.0. The van der Waals surface area contributed by atoms with E-state index in [2.05, 4.69) is 15.0 Å². The Kier molecular flexibility index (Phi) is 4.97. The number of hydrogen-bond donors (Lipinski definition) is 2. The lowest BCUT2D eigenvalue weighted by Crippen LogP contribution is -2.18. The monoisotopic (exact) mass is 334 g/mol. The van der Waals surface area contributed by atoms with Crippen molar-refractivity contribution in [2.45, 2.75) is 11.8 Å². The first-order chi connectivity index (χ1) is 10.9. The summed E-state index contributed by atoms with van der Waals surface area (Å²) in [6, 6.07) is 9.56. The first-order valence-corrected chi connectivity index (χ1v) is 8.25. The molecule has 0 spiro atoms. The molecular weight excluding hydrogens is 316 g/mol. The molecule has 0 saturated carbocycles. The third-order valence-electron chi connectivity index (χ3n) is 3.24. The molecule has 0 fully saturated rings. The summed E-state index contributed by atoms with van der Waals surface area (Å²) >= 11 is 0. The lowest BCUT2D eigenvalue weighted by Gasteiger charge is -2.07. The molecule has 2 rings (SSSR count). The van der Waals surface area contributed by atoms with Gasteiger partial charge in [-0.2, -0.15) is 10.2 Å². The number of rotatable bonds is 5. The number of nitrogens with zero attached hydrogens (tertiary/aromatic N) is 2. The van der Waals surface area contributed by atoms with Crippen molar-refractivity contribution in [3.05, 3.63) is 42.0 Å². The van der Waals surface area contributed by atoms with Crippen LogP contribution in [0.2, 0.25) is 0 Å². The molecule has 2 aromatic carbocycles. The minimum Gasteiger partial charge on any atom is -0.495 e. The number of benzene rings is 2. The van der Waals surface area contributed by atoms with E-state index in [1.807, 2.05) is 6.92 Å². The molecule has 0 radical (unpaired) electrons. The molecule has 122 valence electrons. The van der Waals surface area contributed by atoms with E-state index in [0.717, 1.165) is 5.56 Å². The van der Waals surface area contributed by atoms with E-state index in [9.17, 15) is 8.42 Å². The van der Waals surface area contributed by atoms with Crippen LogP contribution in [0.15, 0.2) is 51.5 Å². The van der Waals surface area contributed by atoms with Gasteiger partial charge in [0.15, 0.2) is 0 Å². The quantitative estimate of drug-likeness (QED) is 0.647. The van der Waals surface area contributed by atoms with Gasteiger partial charge in [0, 0.05) is 6.07 Å². The Morgan fingerprint density at radius 1 is 1.13 bits per heavy atom. The van der Waals surface area contributed by atoms with Crippen LogP contribution in [0, 0.1) is 6.92 Å². The van der Waals surface area contributed by atoms with Crippen LogP contribution in [0.25, 0.3) is 0 Å². The van der Waals surface area contributed by atoms with Crippen molar-refractivity contribution < 1.29 is 13.2 Å². The summed E-state index contributed by atoms with van der Waals surface area (Å²) in [7, 11) is -0.563. The van der Waals surface area contributed by atoms with Gasteiger partial charge in [-0.1, -0.05) is 0 Å². The summed E-state index contributed by atoms with van der Waals surface area (Å²) in [6.07, 6.45) is 0. The third kappa shape index (κ3) is 3.85. The summed E-state index contributed by atoms with van der Waals surface area (Å²) < 4.78 is 30.7. The molecule has 0 aliphatic carbocycles. The third-order valence-corrected chi connectivity index (χ3v) is 4.67. The van der Waals surface area contributed by atoms with Gasteiger partial charge in [-0.15, -0.1) is 0 Å². The highest BCUT2D eigenvalue weighted by Gasteiger charge is 2.10. The van der Waals surface area contributed by atoms with Gasteiger partial charge < -0.3 is 10.5 Å². The van der Waals surface area contributed by atoms with E-state index in [1.54, 1.807) is 24.3 Å². The zero-order valence-corrected chi connectivity index (χ0v) is 13.9. The second kappa shape index (κ2) is 6.76. The van der Waals surface area contributed by atoms with Gasteiger partial charge in [0.1, 0.15) is 5.75 Å². The Morgan fingerprint density at radius 3 is 2.35 bits per heavy atom. The fraction of sp³-hybridized carbons (Fsp3) is 0.200. The molecule has 0 heterocycles. The van der Waals surface area contributed by atoms with Crippen molar-refractivity contribution >= 4 is 27.1 Å². The number of sulfonamides is 1. The highest BCUT2D eigenvalue weighted by atomic mass is 32.2. The van der Waals surface area contributed by atoms with Crippen LogP contribution in [0.5, 0.6) is 5.75 Å². The van der Waals surface area contributed by atoms with Crippen molar-refractivity contribution in [3.8, 4) is 5.75 Å². The molecule has 0 aliphatic heterocycles. The first-order valence-electron chi connectivity index (χ1n) is 6.77. The van der Waals surface area contributed by atoms with Crippen LogP contribution in [0.4, 0.5) is 17.1 Å².